The maximum atomic E-state index is 11.6. The summed E-state index contributed by atoms with van der Waals surface area (Å²) >= 11 is 3.01. The summed E-state index contributed by atoms with van der Waals surface area (Å²) in [5.41, 5.74) is 0. The predicted octanol–water partition coefficient (Wildman–Crippen LogP) is 0.968. The Labute approximate surface area is 53.6 Å². The Morgan fingerprint density at radius 1 is 1.88 bits per heavy atom. The predicted molar refractivity (Wildman–Crippen MR) is 28.8 cm³/mol. The Morgan fingerprint density at radius 2 is 2.62 bits per heavy atom. The van der Waals surface area contributed by atoms with E-state index in [1.54, 1.807) is 0 Å². The minimum atomic E-state index is -0.675. The fourth-order valence-corrected chi connectivity index (χ4v) is 0.608. The van der Waals surface area contributed by atoms with Crippen molar-refractivity contribution >= 4 is 15.9 Å². The third-order valence-corrected chi connectivity index (χ3v) is 0.979. The van der Waals surface area contributed by atoms with Crippen molar-refractivity contribution in [1.82, 2.24) is 15.0 Å². The molecule has 0 unspecified atom stereocenters. The van der Waals surface area contributed by atoms with Crippen LogP contribution in [0.2, 0.25) is 0 Å². The van der Waals surface area contributed by atoms with Crippen molar-refractivity contribution in [1.29, 1.82) is 0 Å². The second-order valence-electron chi connectivity index (χ2n) is 1.16. The third-order valence-electron chi connectivity index (χ3n) is 0.615. The number of halogens is 2. The summed E-state index contributed by atoms with van der Waals surface area (Å²) in [7, 11) is 0. The zero-order chi connectivity index (χ0) is 5.98. The molecule has 0 aromatic carbocycles. The smallest absolute Gasteiger partial charge is 0.200 e. The third kappa shape index (κ3) is 1.03. The first-order chi connectivity index (χ1) is 3.83. The van der Waals surface area contributed by atoms with Crippen molar-refractivity contribution in [3.63, 3.8) is 0 Å². The van der Waals surface area contributed by atoms with E-state index in [4.69, 9.17) is 0 Å². The van der Waals surface area contributed by atoms with Gasteiger partial charge in [-0.15, -0.1) is 5.10 Å². The van der Waals surface area contributed by atoms with Crippen LogP contribution in [0.4, 0.5) is 4.39 Å². The van der Waals surface area contributed by atoms with Crippen LogP contribution in [0.1, 0.15) is 0 Å². The van der Waals surface area contributed by atoms with Crippen molar-refractivity contribution in [3.05, 3.63) is 10.8 Å². The molecule has 1 aromatic heterocycles. The normalized spacial score (nSPS) is 9.75. The van der Waals surface area contributed by atoms with Crippen molar-refractivity contribution in [2.24, 2.45) is 0 Å². The van der Waals surface area contributed by atoms with E-state index < -0.39 is 6.80 Å². The van der Waals surface area contributed by atoms with Crippen LogP contribution in [0.3, 0.4) is 0 Å². The average Bonchev–Trinajstić information content (AvgIpc) is 2.14. The van der Waals surface area contributed by atoms with E-state index in [0.29, 0.717) is 4.60 Å². The molecule has 0 atom stereocenters. The number of hydrogen-bond acceptors (Lipinski definition) is 2. The van der Waals surface area contributed by atoms with Gasteiger partial charge < -0.3 is 0 Å². The van der Waals surface area contributed by atoms with E-state index in [2.05, 4.69) is 26.1 Å². The molecule has 0 amide bonds. The molecule has 0 bridgehead atoms. The summed E-state index contributed by atoms with van der Waals surface area (Å²) < 4.78 is 12.1. The minimum absolute atomic E-state index is 0.551. The summed E-state index contributed by atoms with van der Waals surface area (Å²) in [6.45, 7) is -0.675. The SMILES string of the molecule is FCn1ncc(Br)n1. The molecule has 1 rings (SSSR count). The molecule has 0 N–H and O–H groups in total. The Bertz CT molecular complexity index is 175. The lowest BCUT2D eigenvalue weighted by Gasteiger charge is -1.82. The lowest BCUT2D eigenvalue weighted by Crippen LogP contribution is -1.96. The molecule has 44 valence electrons. The summed E-state index contributed by atoms with van der Waals surface area (Å²) in [5.74, 6) is 0. The van der Waals surface area contributed by atoms with Gasteiger partial charge >= 0.3 is 0 Å². The van der Waals surface area contributed by atoms with Gasteiger partial charge in [-0.2, -0.15) is 9.90 Å². The highest BCUT2D eigenvalue weighted by atomic mass is 79.9. The first kappa shape index (κ1) is 5.68. The highest BCUT2D eigenvalue weighted by Gasteiger charge is 1.91. The molecular formula is C3H3BrFN3. The number of nitrogens with zero attached hydrogens (tertiary/aromatic N) is 3. The molecule has 5 heteroatoms. The van der Waals surface area contributed by atoms with Gasteiger partial charge in [0.1, 0.15) is 4.60 Å². The average molecular weight is 180 g/mol. The monoisotopic (exact) mass is 179 g/mol. The summed E-state index contributed by atoms with van der Waals surface area (Å²) in [5, 5.41) is 7.09. The number of rotatable bonds is 1. The van der Waals surface area contributed by atoms with Crippen molar-refractivity contribution < 1.29 is 4.39 Å². The second-order valence-corrected chi connectivity index (χ2v) is 1.97. The zero-order valence-electron chi connectivity index (χ0n) is 3.88. The highest BCUT2D eigenvalue weighted by Crippen LogP contribution is 1.99. The van der Waals surface area contributed by atoms with Gasteiger partial charge in [-0.05, 0) is 15.9 Å². The van der Waals surface area contributed by atoms with Gasteiger partial charge in [0.15, 0.2) is 0 Å². The van der Waals surface area contributed by atoms with Crippen LogP contribution >= 0.6 is 15.9 Å². The van der Waals surface area contributed by atoms with Gasteiger partial charge in [-0.1, -0.05) is 0 Å². The number of hydrogen-bond donors (Lipinski definition) is 0. The van der Waals surface area contributed by atoms with Crippen molar-refractivity contribution in [2.75, 3.05) is 0 Å². The zero-order valence-corrected chi connectivity index (χ0v) is 5.47. The van der Waals surface area contributed by atoms with E-state index >= 15 is 0 Å². The van der Waals surface area contributed by atoms with Gasteiger partial charge in [-0.3, -0.25) is 0 Å². The Morgan fingerprint density at radius 3 is 2.88 bits per heavy atom. The van der Waals surface area contributed by atoms with Crippen LogP contribution in [-0.4, -0.2) is 15.0 Å². The van der Waals surface area contributed by atoms with Crippen LogP contribution in [0.5, 0.6) is 0 Å². The molecule has 0 saturated carbocycles. The molecule has 0 spiro atoms. The summed E-state index contributed by atoms with van der Waals surface area (Å²) in [4.78, 5) is 0.948. The first-order valence-corrected chi connectivity index (χ1v) is 2.74. The van der Waals surface area contributed by atoms with Gasteiger partial charge in [0, 0.05) is 0 Å². The summed E-state index contributed by atoms with van der Waals surface area (Å²) in [6.07, 6.45) is 1.43. The lowest BCUT2D eigenvalue weighted by molar-refractivity contribution is 0.318. The fraction of sp³-hybridized carbons (Fsp3) is 0.333. The molecule has 0 radical (unpaired) electrons. The molecular weight excluding hydrogens is 177 g/mol. The van der Waals surface area contributed by atoms with E-state index in [1.807, 2.05) is 0 Å². The second kappa shape index (κ2) is 2.21. The number of alkyl halides is 1. The molecule has 0 aliphatic heterocycles. The highest BCUT2D eigenvalue weighted by molar-refractivity contribution is 9.10. The Hall–Kier alpha value is -0.450. The van der Waals surface area contributed by atoms with Crippen LogP contribution in [0, 0.1) is 0 Å². The van der Waals surface area contributed by atoms with E-state index in [-0.39, 0.29) is 0 Å². The molecule has 0 aliphatic carbocycles. The fourth-order valence-electron chi connectivity index (χ4n) is 0.334. The van der Waals surface area contributed by atoms with Crippen LogP contribution in [0.15, 0.2) is 10.8 Å². The minimum Gasteiger partial charge on any atom is -0.223 e. The quantitative estimate of drug-likeness (QED) is 0.644. The van der Waals surface area contributed by atoms with Gasteiger partial charge in [0.05, 0.1) is 6.20 Å². The van der Waals surface area contributed by atoms with Gasteiger partial charge in [0.2, 0.25) is 6.80 Å². The molecule has 0 aliphatic rings. The molecule has 1 heterocycles. The molecule has 1 aromatic rings. The maximum absolute atomic E-state index is 11.6. The Kier molecular flexibility index (Phi) is 1.57. The number of aromatic nitrogens is 3. The maximum Gasteiger partial charge on any atom is 0.200 e. The topological polar surface area (TPSA) is 30.7 Å². The molecule has 3 nitrogen and oxygen atoms in total. The van der Waals surface area contributed by atoms with Crippen molar-refractivity contribution in [3.8, 4) is 0 Å². The van der Waals surface area contributed by atoms with E-state index in [9.17, 15) is 4.39 Å². The van der Waals surface area contributed by atoms with E-state index in [0.717, 1.165) is 4.80 Å². The first-order valence-electron chi connectivity index (χ1n) is 1.94. The van der Waals surface area contributed by atoms with Gasteiger partial charge in [-0.25, -0.2) is 4.39 Å². The van der Waals surface area contributed by atoms with Crippen LogP contribution in [-0.2, 0) is 6.80 Å². The standard InChI is InChI=1S/C3H3BrFN3/c4-3-1-6-8(2-5)7-3/h1H,2H2. The largest absolute Gasteiger partial charge is 0.223 e. The molecule has 0 saturated heterocycles. The van der Waals surface area contributed by atoms with Gasteiger partial charge in [0.25, 0.3) is 0 Å². The van der Waals surface area contributed by atoms with Crippen LogP contribution < -0.4 is 0 Å². The lowest BCUT2D eigenvalue weighted by atomic mass is 11.0. The molecule has 8 heavy (non-hydrogen) atoms. The van der Waals surface area contributed by atoms with Crippen molar-refractivity contribution in [2.45, 2.75) is 6.80 Å². The van der Waals surface area contributed by atoms with Crippen LogP contribution in [0.25, 0.3) is 0 Å². The van der Waals surface area contributed by atoms with E-state index in [1.165, 1.54) is 6.20 Å². The molecule has 0 fully saturated rings. The summed E-state index contributed by atoms with van der Waals surface area (Å²) in [6, 6.07) is 0. The Balaban J connectivity index is 2.84.